The Morgan fingerprint density at radius 2 is 2.16 bits per heavy atom. The maximum atomic E-state index is 12.9. The monoisotopic (exact) mass is 691 g/mol. The van der Waals surface area contributed by atoms with Gasteiger partial charge in [-0.05, 0) is 82.3 Å². The normalized spacial score (nSPS) is 18.7. The molecule has 38 heavy (non-hydrogen) atoms. The molecule has 1 aliphatic heterocycles. The van der Waals surface area contributed by atoms with E-state index in [4.69, 9.17) is 26.0 Å². The van der Waals surface area contributed by atoms with Crippen LogP contribution in [0.1, 0.15) is 50.2 Å². The molecule has 0 saturated heterocycles. The molecule has 3 rings (SSSR count). The highest BCUT2D eigenvalue weighted by Gasteiger charge is 2.28. The number of carbonyl (C=O) groups excluding carboxylic acids is 1. The average molecular weight is 692 g/mol. The second-order valence-electron chi connectivity index (χ2n) is 9.31. The van der Waals surface area contributed by atoms with Crippen LogP contribution in [-0.4, -0.2) is 36.4 Å². The summed E-state index contributed by atoms with van der Waals surface area (Å²) in [7, 11) is -3.35. The zero-order chi connectivity index (χ0) is 27.7. The lowest BCUT2D eigenvalue weighted by atomic mass is 9.91. The number of nitrogens with zero attached hydrogens (tertiary/aromatic N) is 2. The van der Waals surface area contributed by atoms with Gasteiger partial charge in [0.15, 0.2) is 0 Å². The van der Waals surface area contributed by atoms with Crippen molar-refractivity contribution < 1.29 is 18.3 Å². The molecular weight excluding hydrogens is 656 g/mol. The minimum absolute atomic E-state index is 0.0262. The lowest BCUT2D eigenvalue weighted by Gasteiger charge is -2.31. The summed E-state index contributed by atoms with van der Waals surface area (Å²) in [4.78, 5) is 13.5. The summed E-state index contributed by atoms with van der Waals surface area (Å²) in [6, 6.07) is 11.2. The molecule has 1 heterocycles. The molecule has 7 nitrogen and oxygen atoms in total. The summed E-state index contributed by atoms with van der Waals surface area (Å²) in [6.07, 6.45) is 5.85. The van der Waals surface area contributed by atoms with Crippen molar-refractivity contribution in [3.8, 4) is 5.75 Å². The second kappa shape index (κ2) is 15.0. The van der Waals surface area contributed by atoms with Crippen LogP contribution in [0.3, 0.4) is 0 Å². The van der Waals surface area contributed by atoms with Crippen molar-refractivity contribution in [2.75, 3.05) is 24.6 Å². The molecule has 5 unspecified atom stereocenters. The smallest absolute Gasteiger partial charge is 0.242 e. The first kappa shape index (κ1) is 31.3. The molecule has 11 heteroatoms. The molecule has 1 amide bonds. The minimum atomic E-state index is -3.35. The molecule has 0 saturated carbocycles. The van der Waals surface area contributed by atoms with E-state index in [-0.39, 0.29) is 18.4 Å². The Morgan fingerprint density at radius 3 is 2.82 bits per heavy atom. The van der Waals surface area contributed by atoms with Crippen molar-refractivity contribution >= 4 is 62.1 Å². The molecule has 0 aliphatic carbocycles. The molecule has 2 aromatic carbocycles. The van der Waals surface area contributed by atoms with Crippen LogP contribution in [-0.2, 0) is 25.7 Å². The quantitative estimate of drug-likeness (QED) is 0.105. The molecule has 2 aromatic rings. The van der Waals surface area contributed by atoms with Crippen LogP contribution in [0.2, 0.25) is 5.02 Å². The fourth-order valence-electron chi connectivity index (χ4n) is 4.95. The van der Waals surface area contributed by atoms with Gasteiger partial charge in [-0.3, -0.25) is 4.79 Å². The number of ether oxygens (including phenoxy) is 1. The van der Waals surface area contributed by atoms with Gasteiger partial charge in [0.2, 0.25) is 6.41 Å². The van der Waals surface area contributed by atoms with Crippen molar-refractivity contribution in [3.05, 3.63) is 65.2 Å². The zero-order valence-corrected chi connectivity index (χ0v) is 26.5. The topological polar surface area (TPSA) is 94.2 Å². The van der Waals surface area contributed by atoms with Crippen molar-refractivity contribution in [1.82, 2.24) is 0 Å². The van der Waals surface area contributed by atoms with E-state index in [9.17, 15) is 9.00 Å². The first-order chi connectivity index (χ1) is 18.3. The summed E-state index contributed by atoms with van der Waals surface area (Å²) in [5, 5.41) is 6.64. The molecule has 0 bridgehead atoms. The first-order valence-corrected chi connectivity index (χ1v) is 18.7. The van der Waals surface area contributed by atoms with Gasteiger partial charge in [-0.15, -0.1) is 10.9 Å². The SMILES string of the molecule is C=CC(OPI)C(CC)CCN1CC(c2ccc(Cl)cc2CCC)COc2ccc(S(N)(=O)=NC=O)cc21. The van der Waals surface area contributed by atoms with Crippen LogP contribution >= 0.6 is 40.1 Å². The summed E-state index contributed by atoms with van der Waals surface area (Å²) >= 11 is 8.59. The number of nitrogens with two attached hydrogens (primary N) is 1. The van der Waals surface area contributed by atoms with Crippen LogP contribution in [0.15, 0.2) is 58.3 Å². The van der Waals surface area contributed by atoms with E-state index in [2.05, 4.69) is 63.9 Å². The van der Waals surface area contributed by atoms with Gasteiger partial charge in [-0.1, -0.05) is 50.4 Å². The number of carbonyl (C=O) groups is 1. The van der Waals surface area contributed by atoms with Gasteiger partial charge in [0.05, 0.1) is 29.7 Å². The van der Waals surface area contributed by atoms with E-state index in [1.807, 2.05) is 12.1 Å². The number of halogens is 2. The number of rotatable bonds is 13. The number of benzene rings is 2. The number of aryl methyl sites for hydroxylation is 1. The number of amides is 1. The molecule has 0 radical (unpaired) electrons. The van der Waals surface area contributed by atoms with Gasteiger partial charge in [0, 0.05) is 24.0 Å². The maximum absolute atomic E-state index is 12.9. The predicted octanol–water partition coefficient (Wildman–Crippen LogP) is 7.06. The van der Waals surface area contributed by atoms with Gasteiger partial charge in [-0.25, -0.2) is 9.35 Å². The van der Waals surface area contributed by atoms with Gasteiger partial charge in [0.25, 0.3) is 0 Å². The van der Waals surface area contributed by atoms with E-state index in [0.29, 0.717) is 36.2 Å². The lowest BCUT2D eigenvalue weighted by molar-refractivity contribution is -0.106. The van der Waals surface area contributed by atoms with Gasteiger partial charge in [0.1, 0.15) is 15.7 Å². The highest BCUT2D eigenvalue weighted by Crippen LogP contribution is 2.38. The Hall–Kier alpha value is -1.23. The van der Waals surface area contributed by atoms with Gasteiger partial charge in [-0.2, -0.15) is 0 Å². The summed E-state index contributed by atoms with van der Waals surface area (Å²) in [5.74, 6) is 1.06. The van der Waals surface area contributed by atoms with Gasteiger partial charge < -0.3 is 14.2 Å². The van der Waals surface area contributed by atoms with Crippen LogP contribution in [0.25, 0.3) is 0 Å². The van der Waals surface area contributed by atoms with Crippen molar-refractivity contribution in [2.45, 2.75) is 56.4 Å². The van der Waals surface area contributed by atoms with E-state index in [1.54, 1.807) is 18.2 Å². The van der Waals surface area contributed by atoms with Gasteiger partial charge >= 0.3 is 0 Å². The third kappa shape index (κ3) is 7.92. The largest absolute Gasteiger partial charge is 0.491 e. The zero-order valence-electron chi connectivity index (χ0n) is 21.8. The summed E-state index contributed by atoms with van der Waals surface area (Å²) in [6.45, 7) is 10.6. The number of anilines is 1. The fraction of sp³-hybridized carbons (Fsp3) is 0.444. The van der Waals surface area contributed by atoms with Crippen LogP contribution in [0.5, 0.6) is 5.75 Å². The molecule has 5 atom stereocenters. The average Bonchev–Trinajstić information content (AvgIpc) is 3.08. The summed E-state index contributed by atoms with van der Waals surface area (Å²) in [5.41, 5.74) is 3.24. The third-order valence-electron chi connectivity index (χ3n) is 6.93. The highest BCUT2D eigenvalue weighted by molar-refractivity contribution is 14.2. The molecule has 0 fully saturated rings. The Bertz CT molecular complexity index is 1240. The second-order valence-corrected chi connectivity index (χ2v) is 13.3. The Morgan fingerprint density at radius 1 is 1.37 bits per heavy atom. The number of hydrogen-bond acceptors (Lipinski definition) is 5. The van der Waals surface area contributed by atoms with Crippen molar-refractivity contribution in [2.24, 2.45) is 15.4 Å². The predicted molar refractivity (Wildman–Crippen MR) is 167 cm³/mol. The minimum Gasteiger partial charge on any atom is -0.491 e. The number of fused-ring (bicyclic) bond motifs is 1. The van der Waals surface area contributed by atoms with E-state index >= 15 is 0 Å². The standard InChI is InChI=1S/C27H36ClIN3O4PS/c1-4-7-20-14-22(28)8-10-24(20)21-16-32(13-12-19(5-2)26(6-3)36-37-29)25-15-23(38(30,34)31-18-33)9-11-27(25)35-17-21/h6,8-11,14-15,18-19,21,26,37H,3-5,7,12-13,16-17H2,1-2H3,(H2,30,31,33,34). The fourth-order valence-corrected chi connectivity index (χ4v) is 7.21. The molecular formula is C27H36ClIN3O4PS. The Labute approximate surface area is 246 Å². The molecule has 0 spiro atoms. The molecule has 1 aliphatic rings. The Balaban J connectivity index is 2.03. The van der Waals surface area contributed by atoms with E-state index in [0.717, 1.165) is 42.9 Å². The molecule has 208 valence electrons. The van der Waals surface area contributed by atoms with E-state index < -0.39 is 9.92 Å². The first-order valence-electron chi connectivity index (χ1n) is 12.7. The third-order valence-corrected chi connectivity index (χ3v) is 9.61. The van der Waals surface area contributed by atoms with Crippen LogP contribution in [0, 0.1) is 5.92 Å². The maximum Gasteiger partial charge on any atom is 0.242 e. The van der Waals surface area contributed by atoms with Crippen LogP contribution < -0.4 is 14.8 Å². The lowest BCUT2D eigenvalue weighted by Crippen LogP contribution is -2.33. The highest BCUT2D eigenvalue weighted by atomic mass is 127. The van der Waals surface area contributed by atoms with E-state index in [1.165, 1.54) is 11.1 Å². The Kier molecular flexibility index (Phi) is 12.3. The van der Waals surface area contributed by atoms with Crippen molar-refractivity contribution in [3.63, 3.8) is 0 Å². The molecule has 2 N–H and O–H groups in total. The number of hydrogen-bond donors (Lipinski definition) is 1. The van der Waals surface area contributed by atoms with Crippen LogP contribution in [0.4, 0.5) is 5.69 Å². The van der Waals surface area contributed by atoms with Crippen molar-refractivity contribution in [1.29, 1.82) is 0 Å². The summed E-state index contributed by atoms with van der Waals surface area (Å²) < 4.78 is 28.7. The molecule has 0 aromatic heterocycles.